The molecule has 1 heterocycles. The van der Waals surface area contributed by atoms with Crippen molar-refractivity contribution in [2.75, 3.05) is 18.9 Å². The van der Waals surface area contributed by atoms with E-state index < -0.39 is 21.9 Å². The molecule has 3 N–H and O–H groups in total. The maximum atomic E-state index is 13.5. The summed E-state index contributed by atoms with van der Waals surface area (Å²) < 4.78 is 40.0. The number of nitrogen functional groups attached to an aromatic ring is 1. The van der Waals surface area contributed by atoms with Gasteiger partial charge in [0.25, 0.3) is 0 Å². The Kier molecular flexibility index (Phi) is 4.04. The Morgan fingerprint density at radius 3 is 2.70 bits per heavy atom. The largest absolute Gasteiger partial charge is 0.396 e. The van der Waals surface area contributed by atoms with Gasteiger partial charge in [-0.1, -0.05) is 6.92 Å². The SMILES string of the molecule is Cc1cc(S(=O)(=O)N2CCC(C)C2CO)cc(N)c1F. The lowest BCUT2D eigenvalue weighted by Gasteiger charge is -2.24. The molecule has 0 bridgehead atoms. The van der Waals surface area contributed by atoms with Crippen molar-refractivity contribution in [2.45, 2.75) is 31.2 Å². The predicted molar refractivity (Wildman–Crippen MR) is 74.1 cm³/mol. The molecule has 0 radical (unpaired) electrons. The van der Waals surface area contributed by atoms with Crippen LogP contribution >= 0.6 is 0 Å². The number of sulfonamides is 1. The van der Waals surface area contributed by atoms with Gasteiger partial charge in [-0.2, -0.15) is 4.31 Å². The number of aryl methyl sites for hydroxylation is 1. The number of nitrogens with two attached hydrogens (primary N) is 1. The molecule has 1 fully saturated rings. The normalized spacial score (nSPS) is 24.2. The van der Waals surface area contributed by atoms with E-state index in [1.807, 2.05) is 6.92 Å². The smallest absolute Gasteiger partial charge is 0.243 e. The summed E-state index contributed by atoms with van der Waals surface area (Å²) in [5.74, 6) is -0.508. The van der Waals surface area contributed by atoms with Crippen LogP contribution < -0.4 is 5.73 Å². The summed E-state index contributed by atoms with van der Waals surface area (Å²) in [5.41, 5.74) is 5.51. The second-order valence-electron chi connectivity index (χ2n) is 5.28. The van der Waals surface area contributed by atoms with Gasteiger partial charge in [-0.3, -0.25) is 0 Å². The standard InChI is InChI=1S/C13H19FN2O3S/c1-8-3-4-16(12(8)7-17)20(18,19)10-5-9(2)13(14)11(15)6-10/h5-6,8,12,17H,3-4,7,15H2,1-2H3. The molecule has 0 aromatic heterocycles. The minimum Gasteiger partial charge on any atom is -0.396 e. The first-order valence-corrected chi connectivity index (χ1v) is 7.91. The van der Waals surface area contributed by atoms with Gasteiger partial charge in [0.1, 0.15) is 5.82 Å². The van der Waals surface area contributed by atoms with Crippen LogP contribution in [-0.2, 0) is 10.0 Å². The first-order valence-electron chi connectivity index (χ1n) is 6.47. The molecule has 1 aliphatic rings. The van der Waals surface area contributed by atoms with Crippen LogP contribution in [-0.4, -0.2) is 37.0 Å². The number of nitrogens with zero attached hydrogens (tertiary/aromatic N) is 1. The Labute approximate surface area is 118 Å². The molecule has 2 atom stereocenters. The zero-order valence-electron chi connectivity index (χ0n) is 11.5. The van der Waals surface area contributed by atoms with Crippen molar-refractivity contribution in [2.24, 2.45) is 5.92 Å². The van der Waals surface area contributed by atoms with Gasteiger partial charge in [0.05, 0.1) is 23.2 Å². The summed E-state index contributed by atoms with van der Waals surface area (Å²) in [7, 11) is -3.77. The monoisotopic (exact) mass is 302 g/mol. The Morgan fingerprint density at radius 2 is 2.15 bits per heavy atom. The van der Waals surface area contributed by atoms with Gasteiger partial charge < -0.3 is 10.8 Å². The molecule has 0 amide bonds. The van der Waals surface area contributed by atoms with Crippen molar-refractivity contribution >= 4 is 15.7 Å². The van der Waals surface area contributed by atoms with Crippen molar-refractivity contribution in [1.29, 1.82) is 0 Å². The molecule has 5 nitrogen and oxygen atoms in total. The summed E-state index contributed by atoms with van der Waals surface area (Å²) in [6.07, 6.45) is 0.695. The van der Waals surface area contributed by atoms with Crippen LogP contribution in [0, 0.1) is 18.7 Å². The highest BCUT2D eigenvalue weighted by Gasteiger charge is 2.39. The number of anilines is 1. The van der Waals surface area contributed by atoms with E-state index in [9.17, 15) is 17.9 Å². The number of rotatable bonds is 3. The van der Waals surface area contributed by atoms with Crippen molar-refractivity contribution < 1.29 is 17.9 Å². The minimum atomic E-state index is -3.77. The maximum absolute atomic E-state index is 13.5. The van der Waals surface area contributed by atoms with E-state index in [1.165, 1.54) is 17.3 Å². The molecule has 1 aromatic carbocycles. The van der Waals surface area contributed by atoms with Crippen LogP contribution in [0.1, 0.15) is 18.9 Å². The Hall–Kier alpha value is -1.18. The zero-order valence-corrected chi connectivity index (χ0v) is 12.3. The third-order valence-corrected chi connectivity index (χ3v) is 5.78. The number of halogens is 1. The summed E-state index contributed by atoms with van der Waals surface area (Å²) in [6.45, 7) is 3.50. The molecule has 7 heteroatoms. The lowest BCUT2D eigenvalue weighted by molar-refractivity contribution is 0.191. The second-order valence-corrected chi connectivity index (χ2v) is 7.17. The number of hydrogen-bond acceptors (Lipinski definition) is 4. The molecule has 0 saturated carbocycles. The van der Waals surface area contributed by atoms with Gasteiger partial charge in [-0.05, 0) is 37.0 Å². The van der Waals surface area contributed by atoms with Crippen molar-refractivity contribution in [3.63, 3.8) is 0 Å². The number of aliphatic hydroxyl groups is 1. The number of benzene rings is 1. The summed E-state index contributed by atoms with van der Waals surface area (Å²) in [6, 6.07) is 1.97. The van der Waals surface area contributed by atoms with E-state index in [0.717, 1.165) is 6.07 Å². The van der Waals surface area contributed by atoms with Crippen LogP contribution in [0.5, 0.6) is 0 Å². The van der Waals surface area contributed by atoms with Crippen LogP contribution in [0.2, 0.25) is 0 Å². The molecule has 0 spiro atoms. The predicted octanol–water partition coefficient (Wildman–Crippen LogP) is 1.11. The molecule has 112 valence electrons. The number of hydrogen-bond donors (Lipinski definition) is 2. The molecule has 1 aliphatic heterocycles. The molecular weight excluding hydrogens is 283 g/mol. The Bertz CT molecular complexity index is 595. The Balaban J connectivity index is 2.46. The van der Waals surface area contributed by atoms with Crippen LogP contribution in [0.25, 0.3) is 0 Å². The van der Waals surface area contributed by atoms with Gasteiger partial charge in [-0.15, -0.1) is 0 Å². The fourth-order valence-corrected chi connectivity index (χ4v) is 4.44. The Morgan fingerprint density at radius 1 is 1.50 bits per heavy atom. The van der Waals surface area contributed by atoms with E-state index in [0.29, 0.717) is 13.0 Å². The fraction of sp³-hybridized carbons (Fsp3) is 0.538. The lowest BCUT2D eigenvalue weighted by Crippen LogP contribution is -2.39. The minimum absolute atomic E-state index is 0.0264. The van der Waals surface area contributed by atoms with Crippen LogP contribution in [0.4, 0.5) is 10.1 Å². The van der Waals surface area contributed by atoms with Gasteiger partial charge in [0.15, 0.2) is 0 Å². The highest BCUT2D eigenvalue weighted by Crippen LogP contribution is 2.31. The third-order valence-electron chi connectivity index (χ3n) is 3.88. The zero-order chi connectivity index (χ0) is 15.1. The van der Waals surface area contributed by atoms with Gasteiger partial charge in [0.2, 0.25) is 10.0 Å². The average molecular weight is 302 g/mol. The van der Waals surface area contributed by atoms with Gasteiger partial charge in [0, 0.05) is 6.54 Å². The summed E-state index contributed by atoms with van der Waals surface area (Å²) >= 11 is 0. The molecule has 2 rings (SSSR count). The van der Waals surface area contributed by atoms with Crippen molar-refractivity contribution in [3.05, 3.63) is 23.5 Å². The van der Waals surface area contributed by atoms with Gasteiger partial charge >= 0.3 is 0 Å². The topological polar surface area (TPSA) is 83.6 Å². The van der Waals surface area contributed by atoms with Crippen molar-refractivity contribution in [3.8, 4) is 0 Å². The fourth-order valence-electron chi connectivity index (χ4n) is 2.59. The molecule has 1 aromatic rings. The average Bonchev–Trinajstić information content (AvgIpc) is 2.77. The van der Waals surface area contributed by atoms with E-state index in [-0.39, 0.29) is 28.7 Å². The van der Waals surface area contributed by atoms with E-state index in [2.05, 4.69) is 0 Å². The summed E-state index contributed by atoms with van der Waals surface area (Å²) in [4.78, 5) is -0.0264. The molecule has 2 unspecified atom stereocenters. The first kappa shape index (κ1) is 15.2. The van der Waals surface area contributed by atoms with Gasteiger partial charge in [-0.25, -0.2) is 12.8 Å². The third kappa shape index (κ3) is 2.41. The molecular formula is C13H19FN2O3S. The lowest BCUT2D eigenvalue weighted by atomic mass is 10.0. The van der Waals surface area contributed by atoms with Crippen LogP contribution in [0.3, 0.4) is 0 Å². The highest BCUT2D eigenvalue weighted by atomic mass is 32.2. The highest BCUT2D eigenvalue weighted by molar-refractivity contribution is 7.89. The first-order chi connectivity index (χ1) is 9.28. The quantitative estimate of drug-likeness (QED) is 0.819. The van der Waals surface area contributed by atoms with E-state index in [1.54, 1.807) is 0 Å². The van der Waals surface area contributed by atoms with E-state index in [4.69, 9.17) is 5.73 Å². The van der Waals surface area contributed by atoms with Crippen molar-refractivity contribution in [1.82, 2.24) is 4.31 Å². The second kappa shape index (κ2) is 5.31. The van der Waals surface area contributed by atoms with Crippen LogP contribution in [0.15, 0.2) is 17.0 Å². The maximum Gasteiger partial charge on any atom is 0.243 e. The molecule has 20 heavy (non-hydrogen) atoms. The molecule has 1 saturated heterocycles. The van der Waals surface area contributed by atoms with E-state index >= 15 is 0 Å². The number of aliphatic hydroxyl groups excluding tert-OH is 1. The molecule has 0 aliphatic carbocycles. The summed E-state index contributed by atoms with van der Waals surface area (Å²) in [5, 5.41) is 9.38.